The van der Waals surface area contributed by atoms with Gasteiger partial charge in [0.15, 0.2) is 9.84 Å². The molecule has 2 aliphatic rings. The zero-order valence-corrected chi connectivity index (χ0v) is 13.3. The SMILES string of the molecule is O=S1(=O)C2CCCC1CC(O)(c1cc(OC(F)(F)F)ccc1F)C2. The van der Waals surface area contributed by atoms with E-state index < -0.39 is 43.9 Å². The molecule has 4 nitrogen and oxygen atoms in total. The minimum atomic E-state index is -4.94. The Balaban J connectivity index is 1.98. The lowest BCUT2D eigenvalue weighted by Gasteiger charge is -2.44. The highest BCUT2D eigenvalue weighted by Gasteiger charge is 2.51. The molecule has 1 aromatic rings. The smallest absolute Gasteiger partial charge is 0.406 e. The summed E-state index contributed by atoms with van der Waals surface area (Å²) in [4.78, 5) is 0. The van der Waals surface area contributed by atoms with Crippen molar-refractivity contribution in [1.29, 1.82) is 0 Å². The third-order valence-corrected chi connectivity index (χ3v) is 7.45. The number of halogens is 4. The van der Waals surface area contributed by atoms with E-state index in [0.717, 1.165) is 18.2 Å². The maximum Gasteiger partial charge on any atom is 0.573 e. The van der Waals surface area contributed by atoms with E-state index in [1.165, 1.54) is 0 Å². The van der Waals surface area contributed by atoms with E-state index in [0.29, 0.717) is 19.3 Å². The molecular formula is C15H16F4O4S. The van der Waals surface area contributed by atoms with Crippen molar-refractivity contribution >= 4 is 9.84 Å². The number of alkyl halides is 3. The molecule has 1 aromatic carbocycles. The number of aliphatic hydroxyl groups is 1. The first-order chi connectivity index (χ1) is 11.0. The lowest BCUT2D eigenvalue weighted by atomic mass is 9.80. The molecule has 0 spiro atoms. The monoisotopic (exact) mass is 368 g/mol. The van der Waals surface area contributed by atoms with Crippen LogP contribution >= 0.6 is 0 Å². The van der Waals surface area contributed by atoms with Crippen LogP contribution in [0.15, 0.2) is 18.2 Å². The Bertz CT molecular complexity index is 724. The Morgan fingerprint density at radius 1 is 1.17 bits per heavy atom. The molecule has 2 unspecified atom stereocenters. The molecule has 2 bridgehead atoms. The van der Waals surface area contributed by atoms with Crippen LogP contribution in [0.3, 0.4) is 0 Å². The molecule has 134 valence electrons. The normalized spacial score (nSPS) is 32.4. The largest absolute Gasteiger partial charge is 0.573 e. The van der Waals surface area contributed by atoms with Gasteiger partial charge in [0, 0.05) is 5.56 Å². The number of rotatable bonds is 2. The van der Waals surface area contributed by atoms with Gasteiger partial charge in [0.2, 0.25) is 0 Å². The Morgan fingerprint density at radius 3 is 2.29 bits per heavy atom. The highest BCUT2D eigenvalue weighted by atomic mass is 32.2. The van der Waals surface area contributed by atoms with Crippen LogP contribution in [0.25, 0.3) is 0 Å². The molecule has 1 N–H and O–H groups in total. The van der Waals surface area contributed by atoms with E-state index in [4.69, 9.17) is 0 Å². The van der Waals surface area contributed by atoms with Gasteiger partial charge in [-0.3, -0.25) is 0 Å². The first kappa shape index (κ1) is 17.5. The third kappa shape index (κ3) is 3.11. The summed E-state index contributed by atoms with van der Waals surface area (Å²) < 4.78 is 79.5. The Labute approximate surface area is 136 Å². The van der Waals surface area contributed by atoms with Crippen LogP contribution in [0.1, 0.15) is 37.7 Å². The van der Waals surface area contributed by atoms with Gasteiger partial charge in [0.25, 0.3) is 0 Å². The van der Waals surface area contributed by atoms with Gasteiger partial charge in [-0.25, -0.2) is 12.8 Å². The van der Waals surface area contributed by atoms with Gasteiger partial charge in [0.1, 0.15) is 11.6 Å². The number of ether oxygens (including phenoxy) is 1. The topological polar surface area (TPSA) is 63.6 Å². The molecule has 0 amide bonds. The van der Waals surface area contributed by atoms with Crippen LogP contribution in [-0.2, 0) is 15.4 Å². The molecule has 2 aliphatic heterocycles. The maximum absolute atomic E-state index is 14.2. The van der Waals surface area contributed by atoms with Crippen LogP contribution in [0.2, 0.25) is 0 Å². The van der Waals surface area contributed by atoms with Crippen molar-refractivity contribution < 1.29 is 35.8 Å². The Kier molecular flexibility index (Phi) is 4.07. The second kappa shape index (κ2) is 5.59. The van der Waals surface area contributed by atoms with Gasteiger partial charge >= 0.3 is 6.36 Å². The summed E-state index contributed by atoms with van der Waals surface area (Å²) in [7, 11) is -3.39. The lowest BCUT2D eigenvalue weighted by molar-refractivity contribution is -0.274. The molecule has 0 aliphatic carbocycles. The van der Waals surface area contributed by atoms with Gasteiger partial charge in [0.05, 0.1) is 16.1 Å². The zero-order chi connectivity index (χ0) is 17.8. The van der Waals surface area contributed by atoms with Gasteiger partial charge in [-0.1, -0.05) is 6.42 Å². The molecule has 9 heteroatoms. The third-order valence-electron chi connectivity index (χ3n) is 4.78. The van der Waals surface area contributed by atoms with E-state index in [1.807, 2.05) is 0 Å². The molecule has 2 atom stereocenters. The predicted octanol–water partition coefficient (Wildman–Crippen LogP) is 3.04. The Morgan fingerprint density at radius 2 is 1.75 bits per heavy atom. The van der Waals surface area contributed by atoms with Crippen molar-refractivity contribution in [3.63, 3.8) is 0 Å². The van der Waals surface area contributed by atoms with Crippen LogP contribution in [0.5, 0.6) is 5.75 Å². The van der Waals surface area contributed by atoms with Crippen molar-refractivity contribution in [3.8, 4) is 5.75 Å². The summed E-state index contributed by atoms with van der Waals surface area (Å²) in [6.07, 6.45) is -3.96. The Hall–Kier alpha value is -1.35. The standard InChI is InChI=1S/C15H16F4O4S/c16-13-5-4-9(23-15(17,18)19)6-12(13)14(20)7-10-2-1-3-11(8-14)24(10,21)22/h4-6,10-11,20H,1-3,7-8H2. The molecule has 2 heterocycles. The van der Waals surface area contributed by atoms with E-state index in [-0.39, 0.29) is 18.4 Å². The van der Waals surface area contributed by atoms with Crippen molar-refractivity contribution in [2.75, 3.05) is 0 Å². The van der Waals surface area contributed by atoms with E-state index in [9.17, 15) is 31.1 Å². The summed E-state index contributed by atoms with van der Waals surface area (Å²) in [5.41, 5.74) is -2.17. The number of benzene rings is 1. The van der Waals surface area contributed by atoms with Crippen molar-refractivity contribution in [2.45, 2.75) is 54.6 Å². The fourth-order valence-corrected chi connectivity index (χ4v) is 6.28. The number of hydrogen-bond acceptors (Lipinski definition) is 4. The zero-order valence-electron chi connectivity index (χ0n) is 12.5. The van der Waals surface area contributed by atoms with Crippen molar-refractivity contribution in [1.82, 2.24) is 0 Å². The summed E-state index contributed by atoms with van der Waals surface area (Å²) in [5, 5.41) is 9.23. The van der Waals surface area contributed by atoms with Gasteiger partial charge in [-0.05, 0) is 43.9 Å². The second-order valence-electron chi connectivity index (χ2n) is 6.39. The van der Waals surface area contributed by atoms with E-state index in [2.05, 4.69) is 4.74 Å². The van der Waals surface area contributed by atoms with Crippen molar-refractivity contribution in [2.24, 2.45) is 0 Å². The number of hydrogen-bond donors (Lipinski definition) is 1. The molecule has 2 fully saturated rings. The van der Waals surface area contributed by atoms with Gasteiger partial charge < -0.3 is 9.84 Å². The predicted molar refractivity (Wildman–Crippen MR) is 76.6 cm³/mol. The minimum Gasteiger partial charge on any atom is -0.406 e. The molecule has 3 rings (SSSR count). The summed E-state index contributed by atoms with van der Waals surface area (Å²) in [5.74, 6) is -1.53. The highest BCUT2D eigenvalue weighted by Crippen LogP contribution is 2.47. The first-order valence-electron chi connectivity index (χ1n) is 7.52. The highest BCUT2D eigenvalue weighted by molar-refractivity contribution is 7.92. The fourth-order valence-electron chi connectivity index (χ4n) is 3.72. The van der Waals surface area contributed by atoms with Crippen LogP contribution in [0, 0.1) is 5.82 Å². The molecule has 0 radical (unpaired) electrons. The molecule has 0 aromatic heterocycles. The van der Waals surface area contributed by atoms with Gasteiger partial charge in [-0.2, -0.15) is 0 Å². The molecule has 24 heavy (non-hydrogen) atoms. The second-order valence-corrected chi connectivity index (χ2v) is 8.90. The first-order valence-corrected chi connectivity index (χ1v) is 9.13. The summed E-state index contributed by atoms with van der Waals surface area (Å²) in [6, 6.07) is 2.40. The van der Waals surface area contributed by atoms with Crippen LogP contribution in [-0.4, -0.2) is 30.4 Å². The number of fused-ring (bicyclic) bond motifs is 2. The van der Waals surface area contributed by atoms with Crippen LogP contribution < -0.4 is 4.74 Å². The summed E-state index contributed by atoms with van der Waals surface area (Å²) >= 11 is 0. The average molecular weight is 368 g/mol. The van der Waals surface area contributed by atoms with Gasteiger partial charge in [-0.15, -0.1) is 13.2 Å². The average Bonchev–Trinajstić information content (AvgIpc) is 2.41. The van der Waals surface area contributed by atoms with Crippen molar-refractivity contribution in [3.05, 3.63) is 29.6 Å². The lowest BCUT2D eigenvalue weighted by Crippen LogP contribution is -2.50. The van der Waals surface area contributed by atoms with E-state index in [1.54, 1.807) is 0 Å². The summed E-state index contributed by atoms with van der Waals surface area (Å²) in [6.45, 7) is 0. The fraction of sp³-hybridized carbons (Fsp3) is 0.600. The number of sulfone groups is 1. The molecule has 0 saturated carbocycles. The van der Waals surface area contributed by atoms with E-state index >= 15 is 0 Å². The minimum absolute atomic E-state index is 0.224. The quantitative estimate of drug-likeness (QED) is 0.815. The molecular weight excluding hydrogens is 352 g/mol. The van der Waals surface area contributed by atoms with Crippen LogP contribution in [0.4, 0.5) is 17.6 Å². The maximum atomic E-state index is 14.2. The molecule has 2 saturated heterocycles.